The molecule has 1 N–H and O–H groups in total. The Hall–Kier alpha value is -1.61. The van der Waals surface area contributed by atoms with Gasteiger partial charge in [-0.15, -0.1) is 0 Å². The molecule has 1 atom stereocenters. The second kappa shape index (κ2) is 10.8. The lowest BCUT2D eigenvalue weighted by Gasteiger charge is -2.26. The standard InChI is InChI=1S/C16H11F5I2O9S/c1-6(2)12(25)30-5-10(24)31-11-8(22)3-7(4-9(11)23)13(26)32-14(15(17,18)19)16(20,21)33(27,28)29/h3-4,14H,1,5H2,2H3,(H,27,28,29). The molecule has 1 aromatic rings. The van der Waals surface area contributed by atoms with Gasteiger partial charge in [-0.3, -0.25) is 4.55 Å². The lowest BCUT2D eigenvalue weighted by Crippen LogP contribution is -2.52. The van der Waals surface area contributed by atoms with Crippen LogP contribution in [-0.2, 0) is 29.2 Å². The van der Waals surface area contributed by atoms with Gasteiger partial charge in [0.2, 0.25) is 0 Å². The minimum Gasteiger partial charge on any atom is -0.450 e. The molecule has 0 bridgehead atoms. The van der Waals surface area contributed by atoms with Crippen molar-refractivity contribution in [1.29, 1.82) is 0 Å². The molecule has 0 amide bonds. The number of carbonyl (C=O) groups excluding carboxylic acids is 3. The van der Waals surface area contributed by atoms with Gasteiger partial charge < -0.3 is 14.2 Å². The summed E-state index contributed by atoms with van der Waals surface area (Å²) in [5.74, 6) is -4.17. The maximum absolute atomic E-state index is 13.6. The molecule has 17 heteroatoms. The van der Waals surface area contributed by atoms with Crippen molar-refractivity contribution < 1.29 is 63.5 Å². The Balaban J connectivity index is 3.14. The molecule has 0 aliphatic carbocycles. The summed E-state index contributed by atoms with van der Waals surface area (Å²) in [6.07, 6.45) is -10.6. The lowest BCUT2D eigenvalue weighted by atomic mass is 10.2. The summed E-state index contributed by atoms with van der Waals surface area (Å²) >= 11 is 2.98. The summed E-state index contributed by atoms with van der Waals surface area (Å²) in [6, 6.07) is 1.60. The summed E-state index contributed by atoms with van der Waals surface area (Å²) in [6.45, 7) is 3.80. The summed E-state index contributed by atoms with van der Waals surface area (Å²) < 4.78 is 109. The Morgan fingerprint density at radius 2 is 1.61 bits per heavy atom. The fourth-order valence-electron chi connectivity index (χ4n) is 1.80. The van der Waals surface area contributed by atoms with Crippen LogP contribution in [0.2, 0.25) is 0 Å². The van der Waals surface area contributed by atoms with Gasteiger partial charge in [0.05, 0.1) is 12.7 Å². The van der Waals surface area contributed by atoms with Gasteiger partial charge in [0.25, 0.3) is 6.10 Å². The van der Waals surface area contributed by atoms with Crippen molar-refractivity contribution in [3.8, 4) is 5.75 Å². The van der Waals surface area contributed by atoms with E-state index in [1.165, 1.54) is 52.1 Å². The first-order valence-electron chi connectivity index (χ1n) is 7.94. The fraction of sp³-hybridized carbons (Fsp3) is 0.312. The molecular weight excluding hydrogens is 717 g/mol. The molecule has 1 rings (SSSR count). The van der Waals surface area contributed by atoms with Crippen LogP contribution in [0.4, 0.5) is 22.0 Å². The summed E-state index contributed by atoms with van der Waals surface area (Å²) in [4.78, 5) is 35.1. The Morgan fingerprint density at radius 1 is 1.12 bits per heavy atom. The molecule has 0 aliphatic rings. The lowest BCUT2D eigenvalue weighted by molar-refractivity contribution is -0.248. The molecule has 0 radical (unpaired) electrons. The molecule has 0 heterocycles. The van der Waals surface area contributed by atoms with Crippen LogP contribution in [0, 0.1) is 7.14 Å². The van der Waals surface area contributed by atoms with E-state index in [2.05, 4.69) is 16.1 Å². The first-order chi connectivity index (χ1) is 14.8. The van der Waals surface area contributed by atoms with Crippen molar-refractivity contribution in [1.82, 2.24) is 0 Å². The normalized spacial score (nSPS) is 13.1. The first-order valence-corrected chi connectivity index (χ1v) is 11.5. The highest BCUT2D eigenvalue weighted by Gasteiger charge is 2.66. The molecule has 1 unspecified atom stereocenters. The van der Waals surface area contributed by atoms with Crippen molar-refractivity contribution in [3.63, 3.8) is 0 Å². The van der Waals surface area contributed by atoms with E-state index in [-0.39, 0.29) is 18.5 Å². The third kappa shape index (κ3) is 7.70. The molecular formula is C16H11F5I2O9S. The molecule has 0 aliphatic heterocycles. The minimum atomic E-state index is -6.60. The van der Waals surface area contributed by atoms with Gasteiger partial charge >= 0.3 is 39.5 Å². The number of esters is 3. The molecule has 0 aromatic heterocycles. The average molecular weight is 728 g/mol. The molecule has 0 fully saturated rings. The number of hydrogen-bond donors (Lipinski definition) is 1. The summed E-state index contributed by atoms with van der Waals surface area (Å²) in [5, 5.41) is -5.89. The van der Waals surface area contributed by atoms with E-state index in [1.807, 2.05) is 0 Å². The monoisotopic (exact) mass is 728 g/mol. The third-order valence-electron chi connectivity index (χ3n) is 3.29. The Bertz CT molecular complexity index is 1060. The fourth-order valence-corrected chi connectivity index (χ4v) is 4.24. The maximum Gasteiger partial charge on any atom is 0.432 e. The van der Waals surface area contributed by atoms with Crippen molar-refractivity contribution in [2.75, 3.05) is 6.61 Å². The van der Waals surface area contributed by atoms with Gasteiger partial charge in [-0.2, -0.15) is 30.4 Å². The predicted octanol–water partition coefficient (Wildman–Crippen LogP) is 3.49. The van der Waals surface area contributed by atoms with E-state index >= 15 is 0 Å². The van der Waals surface area contributed by atoms with Crippen LogP contribution in [-0.4, -0.2) is 55.0 Å². The molecule has 0 spiro atoms. The van der Waals surface area contributed by atoms with Crippen LogP contribution in [0.25, 0.3) is 0 Å². The Morgan fingerprint density at radius 3 is 2.00 bits per heavy atom. The highest BCUT2D eigenvalue weighted by Crippen LogP contribution is 2.39. The Labute approximate surface area is 209 Å². The van der Waals surface area contributed by atoms with Crippen LogP contribution in [0.1, 0.15) is 17.3 Å². The van der Waals surface area contributed by atoms with Crippen LogP contribution >= 0.6 is 45.2 Å². The van der Waals surface area contributed by atoms with E-state index in [1.54, 1.807) is 0 Å². The number of alkyl halides is 5. The maximum atomic E-state index is 13.6. The van der Waals surface area contributed by atoms with Crippen molar-refractivity contribution >= 4 is 73.2 Å². The highest BCUT2D eigenvalue weighted by molar-refractivity contribution is 14.1. The van der Waals surface area contributed by atoms with E-state index in [9.17, 15) is 44.8 Å². The summed E-state index contributed by atoms with van der Waals surface area (Å²) in [7, 11) is -6.60. The second-order valence-electron chi connectivity index (χ2n) is 5.96. The van der Waals surface area contributed by atoms with Crippen LogP contribution in [0.5, 0.6) is 5.75 Å². The van der Waals surface area contributed by atoms with Gasteiger partial charge in [-0.1, -0.05) is 6.58 Å². The summed E-state index contributed by atoms with van der Waals surface area (Å²) in [5.41, 5.74) is -0.732. The molecule has 0 saturated heterocycles. The second-order valence-corrected chi connectivity index (χ2v) is 9.78. The van der Waals surface area contributed by atoms with E-state index in [4.69, 9.17) is 9.29 Å². The largest absolute Gasteiger partial charge is 0.450 e. The van der Waals surface area contributed by atoms with Crippen molar-refractivity contribution in [3.05, 3.63) is 37.0 Å². The van der Waals surface area contributed by atoms with Gasteiger partial charge in [-0.25, -0.2) is 14.4 Å². The SMILES string of the molecule is C=C(C)C(=O)OCC(=O)Oc1c(I)cc(C(=O)OC(C(F)(F)F)C(F)(F)S(=O)(=O)O)cc1I. The molecule has 9 nitrogen and oxygen atoms in total. The third-order valence-corrected chi connectivity index (χ3v) is 5.80. The van der Waals surface area contributed by atoms with Gasteiger partial charge in [0.15, 0.2) is 12.4 Å². The Kier molecular flexibility index (Phi) is 9.59. The minimum absolute atomic E-state index is 0.00608. The molecule has 184 valence electrons. The zero-order chi connectivity index (χ0) is 25.9. The number of ether oxygens (including phenoxy) is 3. The number of halogens is 7. The number of rotatable bonds is 8. The van der Waals surface area contributed by atoms with Crippen LogP contribution in [0.3, 0.4) is 0 Å². The molecule has 1 aromatic carbocycles. The van der Waals surface area contributed by atoms with Crippen molar-refractivity contribution in [2.45, 2.75) is 24.5 Å². The predicted molar refractivity (Wildman–Crippen MR) is 115 cm³/mol. The van der Waals surface area contributed by atoms with Crippen LogP contribution in [0.15, 0.2) is 24.3 Å². The zero-order valence-corrected chi connectivity index (χ0v) is 21.0. The average Bonchev–Trinajstić information content (AvgIpc) is 2.64. The first kappa shape index (κ1) is 29.4. The van der Waals surface area contributed by atoms with Gasteiger partial charge in [-0.05, 0) is 64.2 Å². The van der Waals surface area contributed by atoms with Crippen LogP contribution < -0.4 is 4.74 Å². The number of hydrogen-bond acceptors (Lipinski definition) is 8. The van der Waals surface area contributed by atoms with E-state index in [0.717, 1.165) is 12.1 Å². The highest BCUT2D eigenvalue weighted by atomic mass is 127. The van der Waals surface area contributed by atoms with Gasteiger partial charge in [0, 0.05) is 5.57 Å². The number of benzene rings is 1. The quantitative estimate of drug-likeness (QED) is 0.107. The van der Waals surface area contributed by atoms with E-state index in [0.29, 0.717) is 0 Å². The van der Waals surface area contributed by atoms with Gasteiger partial charge in [0.1, 0.15) is 0 Å². The topological polar surface area (TPSA) is 133 Å². The molecule has 33 heavy (non-hydrogen) atoms. The van der Waals surface area contributed by atoms with E-state index < -0.39 is 57.7 Å². The smallest absolute Gasteiger partial charge is 0.432 e. The zero-order valence-electron chi connectivity index (χ0n) is 15.9. The van der Waals surface area contributed by atoms with Crippen molar-refractivity contribution in [2.24, 2.45) is 0 Å². The molecule has 0 saturated carbocycles. The number of carbonyl (C=O) groups is 3.